The van der Waals surface area contributed by atoms with E-state index < -0.39 is 0 Å². The van der Waals surface area contributed by atoms with Crippen molar-refractivity contribution in [3.05, 3.63) is 0 Å². The van der Waals surface area contributed by atoms with Gasteiger partial charge in [-0.1, -0.05) is 13.8 Å². The third-order valence-corrected chi connectivity index (χ3v) is 3.31. The van der Waals surface area contributed by atoms with Crippen molar-refractivity contribution in [3.63, 3.8) is 0 Å². The molecule has 1 aliphatic rings. The third-order valence-electron chi connectivity index (χ3n) is 3.31. The smallest absolute Gasteiger partial charge is 0.0468 e. The predicted octanol–water partition coefficient (Wildman–Crippen LogP) is 2.68. The highest BCUT2D eigenvalue weighted by Gasteiger charge is 2.19. The van der Waals surface area contributed by atoms with Gasteiger partial charge < -0.3 is 10.1 Å². The molecule has 0 bridgehead atoms. The van der Waals surface area contributed by atoms with Crippen LogP contribution in [0.5, 0.6) is 0 Å². The molecule has 0 amide bonds. The summed E-state index contributed by atoms with van der Waals surface area (Å²) in [5.41, 5.74) is 0. The van der Waals surface area contributed by atoms with Crippen LogP contribution in [0, 0.1) is 17.8 Å². The molecule has 90 valence electrons. The fraction of sp³-hybridized carbons (Fsp3) is 1.00. The van der Waals surface area contributed by atoms with Crippen molar-refractivity contribution in [2.75, 3.05) is 26.8 Å². The molecule has 1 heterocycles. The van der Waals surface area contributed by atoms with Crippen molar-refractivity contribution in [1.29, 1.82) is 0 Å². The highest BCUT2D eigenvalue weighted by atomic mass is 16.5. The van der Waals surface area contributed by atoms with Gasteiger partial charge in [-0.25, -0.2) is 0 Å². The normalized spacial score (nSPS) is 20.8. The first-order valence-corrected chi connectivity index (χ1v) is 6.44. The standard InChI is InChI=1S/C13H27NO/c1-11(2)8-13(10-14-3)9-12-4-6-15-7-5-12/h11-14H,4-10H2,1-3H3. The van der Waals surface area contributed by atoms with Gasteiger partial charge in [-0.3, -0.25) is 0 Å². The number of hydrogen-bond donors (Lipinski definition) is 1. The molecule has 0 saturated carbocycles. The van der Waals surface area contributed by atoms with E-state index in [0.29, 0.717) is 0 Å². The molecule has 0 radical (unpaired) electrons. The Bertz CT molecular complexity index is 153. The van der Waals surface area contributed by atoms with E-state index in [1.807, 2.05) is 0 Å². The van der Waals surface area contributed by atoms with E-state index in [9.17, 15) is 0 Å². The van der Waals surface area contributed by atoms with E-state index >= 15 is 0 Å². The van der Waals surface area contributed by atoms with Crippen LogP contribution in [0.3, 0.4) is 0 Å². The molecule has 1 unspecified atom stereocenters. The summed E-state index contributed by atoms with van der Waals surface area (Å²) in [6.45, 7) is 7.80. The molecular formula is C13H27NO. The van der Waals surface area contributed by atoms with E-state index in [0.717, 1.165) is 31.0 Å². The summed E-state index contributed by atoms with van der Waals surface area (Å²) in [6, 6.07) is 0. The highest BCUT2D eigenvalue weighted by Crippen LogP contribution is 2.26. The molecule has 1 fully saturated rings. The van der Waals surface area contributed by atoms with Crippen molar-refractivity contribution in [3.8, 4) is 0 Å². The zero-order chi connectivity index (χ0) is 11.1. The zero-order valence-electron chi connectivity index (χ0n) is 10.6. The number of ether oxygens (including phenoxy) is 1. The Morgan fingerprint density at radius 2 is 1.93 bits per heavy atom. The van der Waals surface area contributed by atoms with Gasteiger partial charge in [-0.05, 0) is 57.0 Å². The van der Waals surface area contributed by atoms with Gasteiger partial charge in [0.1, 0.15) is 0 Å². The average molecular weight is 213 g/mol. The lowest BCUT2D eigenvalue weighted by Gasteiger charge is -2.27. The third kappa shape index (κ3) is 5.53. The van der Waals surface area contributed by atoms with Crippen LogP contribution in [-0.2, 0) is 4.74 Å². The fourth-order valence-corrected chi connectivity index (χ4v) is 2.67. The van der Waals surface area contributed by atoms with Crippen LogP contribution in [0.15, 0.2) is 0 Å². The van der Waals surface area contributed by atoms with E-state index in [-0.39, 0.29) is 0 Å². The minimum atomic E-state index is 0.822. The van der Waals surface area contributed by atoms with Gasteiger partial charge in [0.2, 0.25) is 0 Å². The van der Waals surface area contributed by atoms with Gasteiger partial charge in [0.05, 0.1) is 0 Å². The first-order chi connectivity index (χ1) is 7.22. The molecule has 1 aliphatic heterocycles. The summed E-state index contributed by atoms with van der Waals surface area (Å²) in [4.78, 5) is 0. The monoisotopic (exact) mass is 213 g/mol. The van der Waals surface area contributed by atoms with Crippen LogP contribution in [0.2, 0.25) is 0 Å². The van der Waals surface area contributed by atoms with Crippen LogP contribution in [0.4, 0.5) is 0 Å². The van der Waals surface area contributed by atoms with Crippen molar-refractivity contribution < 1.29 is 4.74 Å². The summed E-state index contributed by atoms with van der Waals surface area (Å²) >= 11 is 0. The molecule has 0 aromatic rings. The van der Waals surface area contributed by atoms with Crippen LogP contribution in [0.25, 0.3) is 0 Å². The van der Waals surface area contributed by atoms with Crippen LogP contribution >= 0.6 is 0 Å². The van der Waals surface area contributed by atoms with Gasteiger partial charge in [-0.2, -0.15) is 0 Å². The van der Waals surface area contributed by atoms with Crippen molar-refractivity contribution in [1.82, 2.24) is 5.32 Å². The second-order valence-corrected chi connectivity index (χ2v) is 5.34. The largest absolute Gasteiger partial charge is 0.381 e. The van der Waals surface area contributed by atoms with Gasteiger partial charge >= 0.3 is 0 Å². The maximum atomic E-state index is 5.41. The highest BCUT2D eigenvalue weighted by molar-refractivity contribution is 4.71. The lowest BCUT2D eigenvalue weighted by Crippen LogP contribution is -2.25. The van der Waals surface area contributed by atoms with E-state index in [1.54, 1.807) is 0 Å². The Kier molecular flexibility index (Phi) is 6.26. The van der Waals surface area contributed by atoms with E-state index in [4.69, 9.17) is 4.74 Å². The predicted molar refractivity (Wildman–Crippen MR) is 65.0 cm³/mol. The molecule has 1 N–H and O–H groups in total. The van der Waals surface area contributed by atoms with Crippen molar-refractivity contribution in [2.45, 2.75) is 39.5 Å². The molecule has 0 aliphatic carbocycles. The van der Waals surface area contributed by atoms with E-state index in [1.165, 1.54) is 32.2 Å². The lowest BCUT2D eigenvalue weighted by atomic mass is 9.84. The quantitative estimate of drug-likeness (QED) is 0.732. The van der Waals surface area contributed by atoms with E-state index in [2.05, 4.69) is 26.2 Å². The van der Waals surface area contributed by atoms with Crippen LogP contribution in [-0.4, -0.2) is 26.8 Å². The lowest BCUT2D eigenvalue weighted by molar-refractivity contribution is 0.0574. The summed E-state index contributed by atoms with van der Waals surface area (Å²) in [6.07, 6.45) is 5.30. The first-order valence-electron chi connectivity index (χ1n) is 6.44. The summed E-state index contributed by atoms with van der Waals surface area (Å²) in [7, 11) is 2.07. The zero-order valence-corrected chi connectivity index (χ0v) is 10.6. The summed E-state index contributed by atoms with van der Waals surface area (Å²) < 4.78 is 5.41. The van der Waals surface area contributed by atoms with Gasteiger partial charge in [0.15, 0.2) is 0 Å². The Hall–Kier alpha value is -0.0800. The summed E-state index contributed by atoms with van der Waals surface area (Å²) in [5.74, 6) is 2.59. The second kappa shape index (κ2) is 7.24. The number of nitrogens with one attached hydrogen (secondary N) is 1. The topological polar surface area (TPSA) is 21.3 Å². The molecule has 1 saturated heterocycles. The molecule has 0 aromatic carbocycles. The summed E-state index contributed by atoms with van der Waals surface area (Å²) in [5, 5.41) is 3.33. The molecule has 2 heteroatoms. The molecule has 1 rings (SSSR count). The molecule has 0 aromatic heterocycles. The number of hydrogen-bond acceptors (Lipinski definition) is 2. The molecular weight excluding hydrogens is 186 g/mol. The Morgan fingerprint density at radius 3 is 2.47 bits per heavy atom. The molecule has 2 nitrogen and oxygen atoms in total. The minimum absolute atomic E-state index is 0.822. The van der Waals surface area contributed by atoms with Crippen molar-refractivity contribution >= 4 is 0 Å². The van der Waals surface area contributed by atoms with Crippen molar-refractivity contribution in [2.24, 2.45) is 17.8 Å². The van der Waals surface area contributed by atoms with Gasteiger partial charge in [0.25, 0.3) is 0 Å². The maximum absolute atomic E-state index is 5.41. The molecule has 1 atom stereocenters. The Balaban J connectivity index is 2.28. The van der Waals surface area contributed by atoms with Crippen LogP contribution in [0.1, 0.15) is 39.5 Å². The van der Waals surface area contributed by atoms with Crippen LogP contribution < -0.4 is 5.32 Å². The Morgan fingerprint density at radius 1 is 1.27 bits per heavy atom. The SMILES string of the molecule is CNCC(CC(C)C)CC1CCOCC1. The second-order valence-electron chi connectivity index (χ2n) is 5.34. The average Bonchev–Trinajstić information content (AvgIpc) is 2.18. The fourth-order valence-electron chi connectivity index (χ4n) is 2.67. The molecule has 15 heavy (non-hydrogen) atoms. The van der Waals surface area contributed by atoms with Gasteiger partial charge in [0, 0.05) is 13.2 Å². The minimum Gasteiger partial charge on any atom is -0.381 e. The Labute approximate surface area is 94.8 Å². The maximum Gasteiger partial charge on any atom is 0.0468 e. The van der Waals surface area contributed by atoms with Gasteiger partial charge in [-0.15, -0.1) is 0 Å². The number of rotatable bonds is 6. The first kappa shape index (κ1) is 13.0. The molecule has 0 spiro atoms.